The first-order chi connectivity index (χ1) is 12.4. The molecule has 1 aliphatic heterocycles. The van der Waals surface area contributed by atoms with Crippen molar-refractivity contribution in [1.29, 1.82) is 0 Å². The number of halogens is 1. The van der Waals surface area contributed by atoms with Gasteiger partial charge in [-0.05, 0) is 62.7 Å². The molecule has 2 fully saturated rings. The number of rotatable bonds is 12. The Kier molecular flexibility index (Phi) is 8.82. The monoisotopic (exact) mass is 372 g/mol. The van der Waals surface area contributed by atoms with Crippen molar-refractivity contribution in [1.82, 2.24) is 0 Å². The van der Waals surface area contributed by atoms with Crippen LogP contribution in [0.25, 0.3) is 0 Å². The maximum Gasteiger partial charge on any atom is 0.303 e. The van der Waals surface area contributed by atoms with E-state index in [1.54, 1.807) is 0 Å². The van der Waals surface area contributed by atoms with Gasteiger partial charge in [-0.25, -0.2) is 4.39 Å². The number of aliphatic carboxylic acids is 1. The molecule has 1 aliphatic carbocycles. The van der Waals surface area contributed by atoms with Crippen molar-refractivity contribution >= 4 is 5.97 Å². The minimum atomic E-state index is -1.09. The number of alkyl halides is 1. The minimum absolute atomic E-state index is 0.236. The number of hydrogen-bond acceptors (Lipinski definition) is 3. The Hall–Kier alpha value is -0.680. The van der Waals surface area contributed by atoms with E-state index in [0.717, 1.165) is 44.9 Å². The normalized spacial score (nSPS) is 33.2. The van der Waals surface area contributed by atoms with Gasteiger partial charge in [-0.2, -0.15) is 0 Å². The summed E-state index contributed by atoms with van der Waals surface area (Å²) in [6, 6.07) is 0. The number of fused-ring (bicyclic) bond motifs is 1. The van der Waals surface area contributed by atoms with Gasteiger partial charge in [0.2, 0.25) is 0 Å². The molecule has 4 nitrogen and oxygen atoms in total. The van der Waals surface area contributed by atoms with Gasteiger partial charge in [0.1, 0.15) is 6.17 Å². The van der Waals surface area contributed by atoms with Gasteiger partial charge in [0.15, 0.2) is 0 Å². The lowest BCUT2D eigenvalue weighted by Crippen LogP contribution is -2.25. The molecule has 1 heterocycles. The lowest BCUT2D eigenvalue weighted by atomic mass is 9.82. The minimum Gasteiger partial charge on any atom is -0.481 e. The van der Waals surface area contributed by atoms with Crippen LogP contribution in [0, 0.1) is 17.8 Å². The van der Waals surface area contributed by atoms with Gasteiger partial charge in [-0.3, -0.25) is 4.79 Å². The number of carboxylic acid groups (broad SMARTS) is 1. The third kappa shape index (κ3) is 6.19. The standard InChI is InChI=1S/C21H37FO4/c1-3-4-8-18(22)19(23)11-10-16-14(2)12-20-17(16)13-15(26-20)7-5-6-9-21(24)25/h14-20,23H,3-13H2,1-2H3,(H,24,25)/t14-,15+,16+,17-,18-,19-,20+/m1/s1. The summed E-state index contributed by atoms with van der Waals surface area (Å²) in [6.45, 7) is 4.29. The summed E-state index contributed by atoms with van der Waals surface area (Å²) >= 11 is 0. The smallest absolute Gasteiger partial charge is 0.303 e. The third-order valence-electron chi connectivity index (χ3n) is 6.48. The van der Waals surface area contributed by atoms with Crippen LogP contribution in [0.4, 0.5) is 4.39 Å². The molecule has 0 radical (unpaired) electrons. The Morgan fingerprint density at radius 1 is 1.19 bits per heavy atom. The van der Waals surface area contributed by atoms with E-state index in [0.29, 0.717) is 43.1 Å². The van der Waals surface area contributed by atoms with E-state index in [1.165, 1.54) is 0 Å². The topological polar surface area (TPSA) is 66.8 Å². The summed E-state index contributed by atoms with van der Waals surface area (Å²) in [7, 11) is 0. The van der Waals surface area contributed by atoms with E-state index in [9.17, 15) is 14.3 Å². The summed E-state index contributed by atoms with van der Waals surface area (Å²) in [5.41, 5.74) is 0. The van der Waals surface area contributed by atoms with Crippen molar-refractivity contribution in [3.8, 4) is 0 Å². The molecule has 2 rings (SSSR count). The molecule has 0 bridgehead atoms. The summed E-state index contributed by atoms with van der Waals surface area (Å²) in [5.74, 6) is 0.873. The molecule has 152 valence electrons. The Bertz CT molecular complexity index is 430. The van der Waals surface area contributed by atoms with Gasteiger partial charge in [-0.15, -0.1) is 0 Å². The zero-order chi connectivity index (χ0) is 19.1. The highest BCUT2D eigenvalue weighted by atomic mass is 19.1. The number of aliphatic hydroxyl groups is 1. The molecule has 26 heavy (non-hydrogen) atoms. The zero-order valence-electron chi connectivity index (χ0n) is 16.4. The molecule has 2 N–H and O–H groups in total. The van der Waals surface area contributed by atoms with Crippen LogP contribution in [0.5, 0.6) is 0 Å². The molecule has 0 spiro atoms. The van der Waals surface area contributed by atoms with Gasteiger partial charge < -0.3 is 14.9 Å². The predicted octanol–water partition coefficient (Wildman–Crippen LogP) is 4.73. The van der Waals surface area contributed by atoms with Crippen LogP contribution in [0.3, 0.4) is 0 Å². The maximum absolute atomic E-state index is 14.0. The molecular formula is C21H37FO4. The quantitative estimate of drug-likeness (QED) is 0.486. The highest BCUT2D eigenvalue weighted by Gasteiger charge is 2.47. The van der Waals surface area contributed by atoms with E-state index in [4.69, 9.17) is 9.84 Å². The molecule has 7 atom stereocenters. The van der Waals surface area contributed by atoms with Crippen molar-refractivity contribution in [3.63, 3.8) is 0 Å². The number of carbonyl (C=O) groups is 1. The zero-order valence-corrected chi connectivity index (χ0v) is 16.4. The van der Waals surface area contributed by atoms with E-state index in [1.807, 2.05) is 6.92 Å². The van der Waals surface area contributed by atoms with E-state index in [-0.39, 0.29) is 12.5 Å². The first-order valence-electron chi connectivity index (χ1n) is 10.6. The van der Waals surface area contributed by atoms with E-state index < -0.39 is 18.2 Å². The second kappa shape index (κ2) is 10.6. The van der Waals surface area contributed by atoms with Crippen LogP contribution in [0.15, 0.2) is 0 Å². The van der Waals surface area contributed by atoms with Gasteiger partial charge in [0.25, 0.3) is 0 Å². The predicted molar refractivity (Wildman–Crippen MR) is 99.8 cm³/mol. The van der Waals surface area contributed by atoms with Crippen LogP contribution in [0.1, 0.15) is 84.5 Å². The van der Waals surface area contributed by atoms with Gasteiger partial charge in [0.05, 0.1) is 18.3 Å². The maximum atomic E-state index is 14.0. The molecule has 1 saturated heterocycles. The van der Waals surface area contributed by atoms with Crippen LogP contribution >= 0.6 is 0 Å². The molecular weight excluding hydrogens is 335 g/mol. The van der Waals surface area contributed by atoms with E-state index in [2.05, 4.69) is 6.92 Å². The van der Waals surface area contributed by atoms with Gasteiger partial charge >= 0.3 is 5.97 Å². The Balaban J connectivity index is 1.73. The first-order valence-corrected chi connectivity index (χ1v) is 10.6. The molecule has 5 heteroatoms. The highest BCUT2D eigenvalue weighted by molar-refractivity contribution is 5.66. The molecule has 1 saturated carbocycles. The van der Waals surface area contributed by atoms with Crippen molar-refractivity contribution < 1.29 is 24.1 Å². The second-order valence-electron chi connectivity index (χ2n) is 8.52. The van der Waals surface area contributed by atoms with Crippen molar-refractivity contribution in [2.24, 2.45) is 17.8 Å². The van der Waals surface area contributed by atoms with Gasteiger partial charge in [0, 0.05) is 6.42 Å². The lowest BCUT2D eigenvalue weighted by Gasteiger charge is -2.24. The Morgan fingerprint density at radius 3 is 2.65 bits per heavy atom. The molecule has 0 unspecified atom stereocenters. The van der Waals surface area contributed by atoms with E-state index >= 15 is 0 Å². The first kappa shape index (κ1) is 21.6. The second-order valence-corrected chi connectivity index (χ2v) is 8.52. The fraction of sp³-hybridized carbons (Fsp3) is 0.952. The number of carboxylic acids is 1. The average molecular weight is 373 g/mol. The van der Waals surface area contributed by atoms with Crippen molar-refractivity contribution in [2.45, 2.75) is 109 Å². The van der Waals surface area contributed by atoms with Crippen molar-refractivity contribution in [3.05, 3.63) is 0 Å². The van der Waals surface area contributed by atoms with Crippen LogP contribution in [-0.2, 0) is 9.53 Å². The molecule has 0 aromatic carbocycles. The number of ether oxygens (including phenoxy) is 1. The van der Waals surface area contributed by atoms with Crippen LogP contribution < -0.4 is 0 Å². The summed E-state index contributed by atoms with van der Waals surface area (Å²) in [5, 5.41) is 18.8. The molecule has 0 aromatic heterocycles. The summed E-state index contributed by atoms with van der Waals surface area (Å²) in [4.78, 5) is 10.6. The van der Waals surface area contributed by atoms with Gasteiger partial charge in [-0.1, -0.05) is 33.1 Å². The fourth-order valence-corrected chi connectivity index (χ4v) is 4.97. The largest absolute Gasteiger partial charge is 0.481 e. The number of hydrogen-bond donors (Lipinski definition) is 2. The number of unbranched alkanes of at least 4 members (excludes halogenated alkanes) is 2. The molecule has 0 aromatic rings. The van der Waals surface area contributed by atoms with Crippen LogP contribution in [0.2, 0.25) is 0 Å². The lowest BCUT2D eigenvalue weighted by molar-refractivity contribution is -0.137. The average Bonchev–Trinajstić information content (AvgIpc) is 3.10. The fourth-order valence-electron chi connectivity index (χ4n) is 4.97. The van der Waals surface area contributed by atoms with Crippen LogP contribution in [-0.4, -0.2) is 40.7 Å². The summed E-state index contributed by atoms with van der Waals surface area (Å²) < 4.78 is 20.2. The summed E-state index contributed by atoms with van der Waals surface area (Å²) in [6.07, 6.45) is 7.20. The third-order valence-corrected chi connectivity index (χ3v) is 6.48. The highest BCUT2D eigenvalue weighted by Crippen LogP contribution is 2.49. The Morgan fingerprint density at radius 2 is 1.96 bits per heavy atom. The Labute approximate surface area is 157 Å². The number of aliphatic hydroxyl groups excluding tert-OH is 1. The molecule has 2 aliphatic rings. The SMILES string of the molecule is CCCC[C@@H](F)[C@H](O)CC[C@@H]1[C@H]2C[C@H](CCCCC(=O)O)O[C@H]2C[C@H]1C. The molecule has 0 amide bonds. The van der Waals surface area contributed by atoms with Crippen molar-refractivity contribution in [2.75, 3.05) is 0 Å².